The molecule has 1 aromatic heterocycles. The molecule has 1 aliphatic heterocycles. The molecular formula is C29H33N3O2S2. The lowest BCUT2D eigenvalue weighted by Gasteiger charge is -2.16. The Hall–Kier alpha value is -2.90. The molecule has 7 heteroatoms. The molecule has 1 aliphatic rings. The Balaban J connectivity index is 1.62. The van der Waals surface area contributed by atoms with Crippen molar-refractivity contribution in [1.29, 1.82) is 0 Å². The minimum atomic E-state index is -0.0380. The number of benzene rings is 2. The van der Waals surface area contributed by atoms with Gasteiger partial charge >= 0.3 is 0 Å². The van der Waals surface area contributed by atoms with E-state index in [0.29, 0.717) is 21.7 Å². The summed E-state index contributed by atoms with van der Waals surface area (Å²) in [5.74, 6) is 1.16. The van der Waals surface area contributed by atoms with Crippen molar-refractivity contribution in [2.45, 2.75) is 46.5 Å². The van der Waals surface area contributed by atoms with Crippen LogP contribution in [0.15, 0.2) is 65.7 Å². The van der Waals surface area contributed by atoms with Gasteiger partial charge in [-0.15, -0.1) is 0 Å². The van der Waals surface area contributed by atoms with Crippen LogP contribution in [0.5, 0.6) is 5.75 Å². The van der Waals surface area contributed by atoms with Crippen molar-refractivity contribution in [2.75, 3.05) is 13.2 Å². The molecule has 0 N–H and O–H groups in total. The van der Waals surface area contributed by atoms with Crippen molar-refractivity contribution >= 4 is 40.3 Å². The van der Waals surface area contributed by atoms with E-state index in [4.69, 9.17) is 22.1 Å². The van der Waals surface area contributed by atoms with E-state index in [9.17, 15) is 4.79 Å². The van der Waals surface area contributed by atoms with Crippen molar-refractivity contribution in [1.82, 2.24) is 14.7 Å². The highest BCUT2D eigenvalue weighted by atomic mass is 32.2. The van der Waals surface area contributed by atoms with Crippen LogP contribution in [-0.4, -0.2) is 38.1 Å². The molecular weight excluding hydrogens is 486 g/mol. The van der Waals surface area contributed by atoms with Gasteiger partial charge in [-0.3, -0.25) is 9.69 Å². The number of hydrogen-bond donors (Lipinski definition) is 0. The summed E-state index contributed by atoms with van der Waals surface area (Å²) >= 11 is 6.86. The third-order valence-electron chi connectivity index (χ3n) is 5.87. The molecule has 0 aliphatic carbocycles. The zero-order chi connectivity index (χ0) is 25.5. The molecule has 1 amide bonds. The van der Waals surface area contributed by atoms with Gasteiger partial charge in [0.2, 0.25) is 0 Å². The molecule has 5 nitrogen and oxygen atoms in total. The van der Waals surface area contributed by atoms with Gasteiger partial charge in [-0.05, 0) is 54.8 Å². The van der Waals surface area contributed by atoms with Crippen LogP contribution in [-0.2, 0) is 4.79 Å². The Labute approximate surface area is 223 Å². The summed E-state index contributed by atoms with van der Waals surface area (Å²) in [6, 6.07) is 18.0. The molecule has 36 heavy (non-hydrogen) atoms. The Morgan fingerprint density at radius 3 is 2.50 bits per heavy atom. The van der Waals surface area contributed by atoms with Crippen LogP contribution >= 0.6 is 24.0 Å². The van der Waals surface area contributed by atoms with Gasteiger partial charge in [-0.2, -0.15) is 5.10 Å². The highest BCUT2D eigenvalue weighted by Gasteiger charge is 2.32. The fourth-order valence-corrected chi connectivity index (χ4v) is 5.29. The molecule has 0 spiro atoms. The first-order valence-corrected chi connectivity index (χ1v) is 13.8. The number of hydrogen-bond acceptors (Lipinski definition) is 5. The number of ether oxygens (including phenoxy) is 1. The standard InChI is InChI=1S/C29H33N3O2S2/c1-4-5-6-10-17-34-25-15-13-22(14-16-25)27-23(20-32(30-27)24-11-8-7-9-12-24)18-26-28(33)31(19-21(2)3)29(35)36-26/h7-9,11-16,18,20-21H,4-6,10,17,19H2,1-3H3/b26-18-. The maximum absolute atomic E-state index is 13.1. The maximum atomic E-state index is 13.1. The third kappa shape index (κ3) is 6.45. The van der Waals surface area contributed by atoms with E-state index in [1.165, 1.54) is 31.0 Å². The monoisotopic (exact) mass is 519 g/mol. The van der Waals surface area contributed by atoms with Crippen LogP contribution in [0.2, 0.25) is 0 Å². The first-order chi connectivity index (χ1) is 17.5. The summed E-state index contributed by atoms with van der Waals surface area (Å²) in [4.78, 5) is 15.4. The largest absolute Gasteiger partial charge is 0.494 e. The van der Waals surface area contributed by atoms with Crippen LogP contribution in [0.4, 0.5) is 0 Å². The van der Waals surface area contributed by atoms with Crippen molar-refractivity contribution in [2.24, 2.45) is 5.92 Å². The topological polar surface area (TPSA) is 47.4 Å². The summed E-state index contributed by atoms with van der Waals surface area (Å²) < 4.78 is 8.38. The Bertz CT molecular complexity index is 1220. The van der Waals surface area contributed by atoms with Gasteiger partial charge in [0, 0.05) is 23.9 Å². The SMILES string of the molecule is CCCCCCOc1ccc(-c2nn(-c3ccccc3)cc2/C=C2\SC(=S)N(CC(C)C)C2=O)cc1. The quantitative estimate of drug-likeness (QED) is 0.150. The molecule has 0 radical (unpaired) electrons. The number of thiocarbonyl (C=S) groups is 1. The minimum Gasteiger partial charge on any atom is -0.494 e. The summed E-state index contributed by atoms with van der Waals surface area (Å²) in [6.45, 7) is 7.73. The summed E-state index contributed by atoms with van der Waals surface area (Å²) in [5, 5.41) is 4.89. The molecule has 4 rings (SSSR count). The van der Waals surface area contributed by atoms with Gasteiger partial charge in [0.15, 0.2) is 0 Å². The Morgan fingerprint density at radius 1 is 1.06 bits per heavy atom. The number of amides is 1. The van der Waals surface area contributed by atoms with Gasteiger partial charge in [-0.1, -0.05) is 82.2 Å². The molecule has 1 saturated heterocycles. The van der Waals surface area contributed by atoms with E-state index in [-0.39, 0.29) is 5.91 Å². The summed E-state index contributed by atoms with van der Waals surface area (Å²) in [6.07, 6.45) is 8.60. The minimum absolute atomic E-state index is 0.0380. The van der Waals surface area contributed by atoms with E-state index >= 15 is 0 Å². The highest BCUT2D eigenvalue weighted by Crippen LogP contribution is 2.35. The number of para-hydroxylation sites is 1. The predicted octanol–water partition coefficient (Wildman–Crippen LogP) is 7.36. The molecule has 3 aromatic rings. The fraction of sp³-hybridized carbons (Fsp3) is 0.345. The number of carbonyl (C=O) groups excluding carboxylic acids is 1. The number of aromatic nitrogens is 2. The molecule has 1 fully saturated rings. The summed E-state index contributed by atoms with van der Waals surface area (Å²) in [5.41, 5.74) is 3.60. The van der Waals surface area contributed by atoms with Crippen LogP contribution in [0.1, 0.15) is 52.0 Å². The van der Waals surface area contributed by atoms with Crippen molar-refractivity contribution < 1.29 is 9.53 Å². The lowest BCUT2D eigenvalue weighted by atomic mass is 10.1. The van der Waals surface area contributed by atoms with Crippen LogP contribution < -0.4 is 4.74 Å². The van der Waals surface area contributed by atoms with Crippen molar-refractivity contribution in [3.63, 3.8) is 0 Å². The molecule has 0 unspecified atom stereocenters. The van der Waals surface area contributed by atoms with Crippen LogP contribution in [0, 0.1) is 5.92 Å². The van der Waals surface area contributed by atoms with Gasteiger partial charge < -0.3 is 4.74 Å². The maximum Gasteiger partial charge on any atom is 0.266 e. The lowest BCUT2D eigenvalue weighted by Crippen LogP contribution is -2.31. The number of carbonyl (C=O) groups is 1. The lowest BCUT2D eigenvalue weighted by molar-refractivity contribution is -0.122. The second kappa shape index (κ2) is 12.4. The second-order valence-electron chi connectivity index (χ2n) is 9.33. The Morgan fingerprint density at radius 2 is 1.81 bits per heavy atom. The average molecular weight is 520 g/mol. The van der Waals surface area contributed by atoms with E-state index in [2.05, 4.69) is 20.8 Å². The predicted molar refractivity (Wildman–Crippen MR) is 153 cm³/mol. The van der Waals surface area contributed by atoms with E-state index in [1.54, 1.807) is 4.90 Å². The number of rotatable bonds is 11. The van der Waals surface area contributed by atoms with Crippen LogP contribution in [0.3, 0.4) is 0 Å². The fourth-order valence-electron chi connectivity index (χ4n) is 4.02. The van der Waals surface area contributed by atoms with Gasteiger partial charge in [0.1, 0.15) is 10.1 Å². The first-order valence-electron chi connectivity index (χ1n) is 12.6. The third-order valence-corrected chi connectivity index (χ3v) is 7.24. The Kier molecular flexibility index (Phi) is 8.99. The van der Waals surface area contributed by atoms with E-state index in [0.717, 1.165) is 41.3 Å². The summed E-state index contributed by atoms with van der Waals surface area (Å²) in [7, 11) is 0. The smallest absolute Gasteiger partial charge is 0.266 e. The van der Waals surface area contributed by atoms with Gasteiger partial charge in [-0.25, -0.2) is 4.68 Å². The number of thioether (sulfide) groups is 1. The van der Waals surface area contributed by atoms with E-state index in [1.807, 2.05) is 71.6 Å². The zero-order valence-electron chi connectivity index (χ0n) is 21.1. The molecule has 0 atom stereocenters. The normalized spacial score (nSPS) is 14.9. The van der Waals surface area contributed by atoms with Gasteiger partial charge in [0.25, 0.3) is 5.91 Å². The van der Waals surface area contributed by atoms with E-state index < -0.39 is 0 Å². The average Bonchev–Trinajstić information content (AvgIpc) is 3.41. The molecule has 0 bridgehead atoms. The van der Waals surface area contributed by atoms with Gasteiger partial charge in [0.05, 0.1) is 22.9 Å². The highest BCUT2D eigenvalue weighted by molar-refractivity contribution is 8.26. The second-order valence-corrected chi connectivity index (χ2v) is 11.0. The molecule has 0 saturated carbocycles. The number of nitrogens with zero attached hydrogens (tertiary/aromatic N) is 3. The molecule has 2 aromatic carbocycles. The first kappa shape index (κ1) is 26.2. The zero-order valence-corrected chi connectivity index (χ0v) is 22.8. The molecule has 188 valence electrons. The molecule has 2 heterocycles. The number of unbranched alkanes of at least 4 members (excludes halogenated alkanes) is 3. The van der Waals surface area contributed by atoms with Crippen molar-refractivity contribution in [3.05, 3.63) is 71.3 Å². The van der Waals surface area contributed by atoms with Crippen LogP contribution in [0.25, 0.3) is 23.0 Å². The van der Waals surface area contributed by atoms with Crippen molar-refractivity contribution in [3.8, 4) is 22.7 Å².